The van der Waals surface area contributed by atoms with Crippen molar-refractivity contribution in [3.8, 4) is 11.1 Å². The van der Waals surface area contributed by atoms with Crippen LogP contribution in [0.4, 0.5) is 4.39 Å². The van der Waals surface area contributed by atoms with Crippen LogP contribution >= 0.6 is 0 Å². The minimum Gasteiger partial charge on any atom is -0.396 e. The van der Waals surface area contributed by atoms with Crippen molar-refractivity contribution in [2.24, 2.45) is 11.8 Å². The number of likely N-dealkylation sites (N-methyl/N-ethyl adjacent to an activating group) is 1. The van der Waals surface area contributed by atoms with Gasteiger partial charge in [-0.05, 0) is 42.9 Å². The maximum atomic E-state index is 14.3. The van der Waals surface area contributed by atoms with Crippen LogP contribution in [0.15, 0.2) is 65.7 Å². The van der Waals surface area contributed by atoms with Crippen LogP contribution in [0.25, 0.3) is 11.1 Å². The number of amides is 1. The van der Waals surface area contributed by atoms with Gasteiger partial charge in [0.15, 0.2) is 0 Å². The number of nitrogens with one attached hydrogen (secondary N) is 1. The van der Waals surface area contributed by atoms with Crippen molar-refractivity contribution in [1.29, 1.82) is 0 Å². The SMILES string of the molecule is CN1[C@@H]2c3ccc(-c4ccccc4F)c(=O)n3C[C@@H]2[C@@H](CO)[C@@H]1C(=O)NCc1ccncc1. The molecule has 4 heterocycles. The van der Waals surface area contributed by atoms with Gasteiger partial charge in [0.05, 0.1) is 17.6 Å². The molecule has 1 aromatic carbocycles. The molecule has 2 aliphatic rings. The molecule has 3 aromatic rings. The standard InChI is InChI=1S/C25H25FN4O3/c1-29-22-18(19(14-31)23(29)24(32)28-12-15-8-10-27-11-9-15)13-30-21(22)7-6-17(25(30)33)16-4-2-3-5-20(16)26/h2-11,18-19,22-23,31H,12-14H2,1H3,(H,28,32)/t18-,19-,22+,23-/m1/s1. The lowest BCUT2D eigenvalue weighted by Gasteiger charge is -2.27. The lowest BCUT2D eigenvalue weighted by molar-refractivity contribution is -0.127. The first-order chi connectivity index (χ1) is 16.0. The van der Waals surface area contributed by atoms with E-state index in [2.05, 4.69) is 10.3 Å². The molecule has 2 aromatic heterocycles. The number of aliphatic hydroxyl groups is 1. The first-order valence-electron chi connectivity index (χ1n) is 11.0. The molecule has 0 unspecified atom stereocenters. The van der Waals surface area contributed by atoms with Crippen molar-refractivity contribution in [3.05, 3.63) is 88.4 Å². The smallest absolute Gasteiger partial charge is 0.258 e. The normalized spacial score (nSPS) is 23.8. The number of aromatic nitrogens is 2. The van der Waals surface area contributed by atoms with E-state index in [1.165, 1.54) is 6.07 Å². The van der Waals surface area contributed by atoms with Gasteiger partial charge in [0, 0.05) is 55.2 Å². The van der Waals surface area contributed by atoms with Crippen LogP contribution in [-0.4, -0.2) is 45.2 Å². The van der Waals surface area contributed by atoms with Gasteiger partial charge in [-0.15, -0.1) is 0 Å². The molecule has 170 valence electrons. The molecule has 0 aliphatic carbocycles. The largest absolute Gasteiger partial charge is 0.396 e. The highest BCUT2D eigenvalue weighted by Crippen LogP contribution is 2.48. The monoisotopic (exact) mass is 448 g/mol. The minimum absolute atomic E-state index is 0.0970. The molecule has 1 fully saturated rings. The van der Waals surface area contributed by atoms with Crippen LogP contribution in [0.1, 0.15) is 17.3 Å². The molecule has 2 aliphatic heterocycles. The number of fused-ring (bicyclic) bond motifs is 3. The van der Waals surface area contributed by atoms with Gasteiger partial charge in [0.2, 0.25) is 5.91 Å². The molecule has 0 radical (unpaired) electrons. The molecule has 1 amide bonds. The van der Waals surface area contributed by atoms with Gasteiger partial charge in [-0.2, -0.15) is 0 Å². The molecule has 33 heavy (non-hydrogen) atoms. The van der Waals surface area contributed by atoms with E-state index in [1.54, 1.807) is 41.2 Å². The lowest BCUT2D eigenvalue weighted by Crippen LogP contribution is -2.46. The van der Waals surface area contributed by atoms with Crippen molar-refractivity contribution in [2.45, 2.75) is 25.2 Å². The number of carbonyl (C=O) groups excluding carboxylic acids is 1. The average molecular weight is 448 g/mol. The number of hydrogen-bond acceptors (Lipinski definition) is 5. The van der Waals surface area contributed by atoms with E-state index in [9.17, 15) is 19.1 Å². The van der Waals surface area contributed by atoms with Gasteiger partial charge in [-0.1, -0.05) is 18.2 Å². The number of aliphatic hydroxyl groups excluding tert-OH is 1. The fraction of sp³-hybridized carbons (Fsp3) is 0.320. The Labute approximate surface area is 190 Å². The highest BCUT2D eigenvalue weighted by Gasteiger charge is 2.54. The van der Waals surface area contributed by atoms with E-state index in [0.717, 1.165) is 11.3 Å². The number of benzene rings is 1. The zero-order valence-electron chi connectivity index (χ0n) is 18.2. The first-order valence-corrected chi connectivity index (χ1v) is 11.0. The third kappa shape index (κ3) is 3.55. The third-order valence-corrected chi connectivity index (χ3v) is 7.00. The Balaban J connectivity index is 1.43. The topological polar surface area (TPSA) is 87.5 Å². The summed E-state index contributed by atoms with van der Waals surface area (Å²) in [5.74, 6) is -1.02. The predicted molar refractivity (Wildman–Crippen MR) is 121 cm³/mol. The summed E-state index contributed by atoms with van der Waals surface area (Å²) < 4.78 is 16.0. The van der Waals surface area contributed by atoms with Gasteiger partial charge in [0.1, 0.15) is 5.82 Å². The Morgan fingerprint density at radius 1 is 1.15 bits per heavy atom. The van der Waals surface area contributed by atoms with E-state index in [0.29, 0.717) is 18.7 Å². The van der Waals surface area contributed by atoms with Gasteiger partial charge in [-0.25, -0.2) is 4.39 Å². The number of halogens is 1. The second kappa shape index (κ2) is 8.53. The van der Waals surface area contributed by atoms with E-state index >= 15 is 0 Å². The highest BCUT2D eigenvalue weighted by atomic mass is 19.1. The third-order valence-electron chi connectivity index (χ3n) is 7.00. The summed E-state index contributed by atoms with van der Waals surface area (Å²) in [6.07, 6.45) is 3.35. The summed E-state index contributed by atoms with van der Waals surface area (Å²) in [5.41, 5.74) is 2.06. The molecule has 0 saturated carbocycles. The molecular weight excluding hydrogens is 423 g/mol. The molecule has 1 saturated heterocycles. The van der Waals surface area contributed by atoms with Gasteiger partial charge < -0.3 is 15.0 Å². The molecule has 8 heteroatoms. The van der Waals surface area contributed by atoms with Crippen LogP contribution in [-0.2, 0) is 17.9 Å². The maximum absolute atomic E-state index is 14.3. The molecule has 0 spiro atoms. The summed E-state index contributed by atoms with van der Waals surface area (Å²) in [7, 11) is 1.86. The number of carbonyl (C=O) groups is 1. The van der Waals surface area contributed by atoms with Crippen molar-refractivity contribution in [1.82, 2.24) is 19.8 Å². The van der Waals surface area contributed by atoms with Crippen molar-refractivity contribution in [3.63, 3.8) is 0 Å². The Morgan fingerprint density at radius 3 is 2.64 bits per heavy atom. The Kier molecular flexibility index (Phi) is 5.55. The second-order valence-corrected chi connectivity index (χ2v) is 8.71. The van der Waals surface area contributed by atoms with Crippen LogP contribution in [0, 0.1) is 17.7 Å². The molecular formula is C25H25FN4O3. The lowest BCUT2D eigenvalue weighted by atomic mass is 9.88. The molecule has 4 atom stereocenters. The van der Waals surface area contributed by atoms with Crippen LogP contribution in [0.2, 0.25) is 0 Å². The molecule has 2 N–H and O–H groups in total. The Hall–Kier alpha value is -3.36. The van der Waals surface area contributed by atoms with Crippen LogP contribution in [0.5, 0.6) is 0 Å². The summed E-state index contributed by atoms with van der Waals surface area (Å²) in [6, 6.07) is 12.7. The first kappa shape index (κ1) is 21.5. The average Bonchev–Trinajstić information content (AvgIpc) is 3.34. The highest BCUT2D eigenvalue weighted by molar-refractivity contribution is 5.82. The maximum Gasteiger partial charge on any atom is 0.258 e. The van der Waals surface area contributed by atoms with Crippen molar-refractivity contribution in [2.75, 3.05) is 13.7 Å². The quantitative estimate of drug-likeness (QED) is 0.623. The van der Waals surface area contributed by atoms with E-state index in [1.807, 2.05) is 30.1 Å². The number of pyridine rings is 2. The molecule has 5 rings (SSSR count). The minimum atomic E-state index is -0.512. The zero-order chi connectivity index (χ0) is 23.1. The van der Waals surface area contributed by atoms with Crippen LogP contribution in [0.3, 0.4) is 0 Å². The van der Waals surface area contributed by atoms with Gasteiger partial charge in [-0.3, -0.25) is 19.5 Å². The number of likely N-dealkylation sites (tertiary alicyclic amines) is 1. The van der Waals surface area contributed by atoms with Crippen molar-refractivity contribution < 1.29 is 14.3 Å². The summed E-state index contributed by atoms with van der Waals surface area (Å²) in [5, 5.41) is 13.2. The Bertz CT molecular complexity index is 1250. The predicted octanol–water partition coefficient (Wildman–Crippen LogP) is 1.96. The number of hydrogen-bond donors (Lipinski definition) is 2. The number of nitrogens with zero attached hydrogens (tertiary/aromatic N) is 3. The van der Waals surface area contributed by atoms with Crippen molar-refractivity contribution >= 4 is 5.91 Å². The van der Waals surface area contributed by atoms with Gasteiger partial charge >= 0.3 is 0 Å². The van der Waals surface area contributed by atoms with Gasteiger partial charge in [0.25, 0.3) is 5.56 Å². The number of rotatable bonds is 5. The fourth-order valence-corrected chi connectivity index (χ4v) is 5.45. The molecule has 7 nitrogen and oxygen atoms in total. The Morgan fingerprint density at radius 2 is 1.91 bits per heavy atom. The van der Waals surface area contributed by atoms with Crippen LogP contribution < -0.4 is 10.9 Å². The fourth-order valence-electron chi connectivity index (χ4n) is 5.45. The zero-order valence-corrected chi connectivity index (χ0v) is 18.2. The summed E-state index contributed by atoms with van der Waals surface area (Å²) in [6.45, 7) is 0.591. The summed E-state index contributed by atoms with van der Waals surface area (Å²) in [4.78, 5) is 32.3. The molecule has 0 bridgehead atoms. The van der Waals surface area contributed by atoms with E-state index in [-0.39, 0.29) is 41.5 Å². The summed E-state index contributed by atoms with van der Waals surface area (Å²) >= 11 is 0. The second-order valence-electron chi connectivity index (χ2n) is 8.71. The van der Waals surface area contributed by atoms with E-state index < -0.39 is 11.9 Å². The van der Waals surface area contributed by atoms with E-state index in [4.69, 9.17) is 0 Å².